The fourth-order valence-electron chi connectivity index (χ4n) is 0.379. The number of ether oxygens (including phenoxy) is 1. The summed E-state index contributed by atoms with van der Waals surface area (Å²) < 4.78 is 5.34. The van der Waals surface area contributed by atoms with E-state index in [4.69, 9.17) is 10.5 Å². The molecule has 2 N–H and O–H groups in total. The highest BCUT2D eigenvalue weighted by Crippen LogP contribution is 2.06. The first-order valence-corrected chi connectivity index (χ1v) is 4.81. The molecule has 0 aliphatic heterocycles. The van der Waals surface area contributed by atoms with Crippen molar-refractivity contribution in [1.29, 1.82) is 0 Å². The molecular formula is C7H16NOP. The van der Waals surface area contributed by atoms with Gasteiger partial charge in [-0.3, -0.25) is 5.73 Å². The van der Waals surface area contributed by atoms with E-state index in [2.05, 4.69) is 13.8 Å². The summed E-state index contributed by atoms with van der Waals surface area (Å²) in [4.78, 5) is 0. The molecule has 0 aromatic heterocycles. The third kappa shape index (κ3) is 3.99. The van der Waals surface area contributed by atoms with Gasteiger partial charge in [-0.05, 0) is 19.5 Å². The lowest BCUT2D eigenvalue weighted by Crippen LogP contribution is -2.24. The van der Waals surface area contributed by atoms with E-state index >= 15 is 0 Å². The molecule has 0 aliphatic rings. The van der Waals surface area contributed by atoms with Crippen LogP contribution >= 0.6 is 8.20 Å². The molecule has 0 fully saturated rings. The second-order valence-corrected chi connectivity index (χ2v) is 3.52. The molecule has 0 aromatic carbocycles. The lowest BCUT2D eigenvalue weighted by Gasteiger charge is -2.15. The van der Waals surface area contributed by atoms with Crippen molar-refractivity contribution >= 4 is 13.8 Å². The van der Waals surface area contributed by atoms with Gasteiger partial charge in [0.05, 0.1) is 6.10 Å². The summed E-state index contributed by atoms with van der Waals surface area (Å²) in [7, 11) is 1.02. The largest absolute Gasteiger partial charge is 0.329 e. The summed E-state index contributed by atoms with van der Waals surface area (Å²) in [6.45, 7) is 8.22. The molecule has 0 amide bonds. The van der Waals surface area contributed by atoms with Crippen molar-refractivity contribution in [3.05, 3.63) is 0 Å². The van der Waals surface area contributed by atoms with Crippen LogP contribution in [0.1, 0.15) is 20.8 Å². The summed E-state index contributed by atoms with van der Waals surface area (Å²) in [5.74, 6) is 0.528. The molecule has 0 rings (SSSR count). The van der Waals surface area contributed by atoms with E-state index in [1.807, 2.05) is 13.6 Å². The van der Waals surface area contributed by atoms with Crippen LogP contribution < -0.4 is 5.73 Å². The molecule has 0 saturated carbocycles. The van der Waals surface area contributed by atoms with Gasteiger partial charge in [-0.2, -0.15) is 0 Å². The highest BCUT2D eigenvalue weighted by atomic mass is 31.1. The maximum Gasteiger partial charge on any atom is 0.139 e. The number of nitrogens with two attached hydrogens (primary N) is 1. The molecule has 2 nitrogen and oxygen atoms in total. The number of rotatable bonds is 3. The Morgan fingerprint density at radius 1 is 1.40 bits per heavy atom. The summed E-state index contributed by atoms with van der Waals surface area (Å²) >= 11 is 0. The van der Waals surface area contributed by atoms with Gasteiger partial charge in [0, 0.05) is 0 Å². The zero-order valence-electron chi connectivity index (χ0n) is 7.09. The van der Waals surface area contributed by atoms with Crippen LogP contribution in [0.5, 0.6) is 0 Å². The third-order valence-electron chi connectivity index (χ3n) is 1.47. The zero-order valence-corrected chi connectivity index (χ0v) is 7.98. The SMILES string of the molecule is C/P=C(/N)OC(C)C(C)C. The van der Waals surface area contributed by atoms with E-state index in [1.54, 1.807) is 0 Å². The van der Waals surface area contributed by atoms with E-state index in [0.29, 0.717) is 11.5 Å². The van der Waals surface area contributed by atoms with Crippen LogP contribution in [0.2, 0.25) is 0 Å². The van der Waals surface area contributed by atoms with Crippen molar-refractivity contribution in [3.63, 3.8) is 0 Å². The Morgan fingerprint density at radius 2 is 1.90 bits per heavy atom. The van der Waals surface area contributed by atoms with Gasteiger partial charge >= 0.3 is 0 Å². The Balaban J connectivity index is 3.68. The van der Waals surface area contributed by atoms with Gasteiger partial charge in [0.15, 0.2) is 0 Å². The van der Waals surface area contributed by atoms with Crippen molar-refractivity contribution in [3.8, 4) is 0 Å². The van der Waals surface area contributed by atoms with Gasteiger partial charge in [0.2, 0.25) is 0 Å². The van der Waals surface area contributed by atoms with Gasteiger partial charge in [-0.1, -0.05) is 22.1 Å². The van der Waals surface area contributed by atoms with Gasteiger partial charge in [-0.15, -0.1) is 0 Å². The zero-order chi connectivity index (χ0) is 8.15. The average molecular weight is 161 g/mol. The van der Waals surface area contributed by atoms with Crippen LogP contribution in [0.3, 0.4) is 0 Å². The van der Waals surface area contributed by atoms with Crippen LogP contribution in [0.25, 0.3) is 0 Å². The van der Waals surface area contributed by atoms with E-state index in [0.717, 1.165) is 8.20 Å². The molecule has 1 unspecified atom stereocenters. The molecule has 3 heteroatoms. The van der Waals surface area contributed by atoms with Gasteiger partial charge in [-0.25, -0.2) is 0 Å². The van der Waals surface area contributed by atoms with Crippen molar-refractivity contribution in [2.24, 2.45) is 11.7 Å². The van der Waals surface area contributed by atoms with Crippen LogP contribution in [-0.2, 0) is 4.74 Å². The lowest BCUT2D eigenvalue weighted by atomic mass is 10.1. The molecule has 0 aromatic rings. The van der Waals surface area contributed by atoms with Crippen molar-refractivity contribution in [2.45, 2.75) is 26.9 Å². The molecule has 0 saturated heterocycles. The predicted octanol–water partition coefficient (Wildman–Crippen LogP) is 1.67. The first-order chi connectivity index (χ1) is 4.57. The molecule has 60 valence electrons. The smallest absolute Gasteiger partial charge is 0.139 e. The Labute approximate surface area is 64.6 Å². The number of hydrogen-bond acceptors (Lipinski definition) is 1. The van der Waals surface area contributed by atoms with Crippen LogP contribution in [0.15, 0.2) is 0 Å². The highest BCUT2D eigenvalue weighted by molar-refractivity contribution is 7.38. The monoisotopic (exact) mass is 161 g/mol. The van der Waals surface area contributed by atoms with Crippen LogP contribution in [0, 0.1) is 5.92 Å². The van der Waals surface area contributed by atoms with E-state index in [-0.39, 0.29) is 6.10 Å². The van der Waals surface area contributed by atoms with Crippen molar-refractivity contribution in [1.82, 2.24) is 0 Å². The Morgan fingerprint density at radius 3 is 2.20 bits per heavy atom. The Kier molecular flexibility index (Phi) is 4.88. The first-order valence-electron chi connectivity index (χ1n) is 3.46. The second kappa shape index (κ2) is 4.84. The minimum atomic E-state index is 0.229. The molecule has 10 heavy (non-hydrogen) atoms. The van der Waals surface area contributed by atoms with Gasteiger partial charge in [0.1, 0.15) is 5.60 Å². The quantitative estimate of drug-likeness (QED) is 0.639. The second-order valence-electron chi connectivity index (χ2n) is 2.63. The van der Waals surface area contributed by atoms with E-state index in [1.165, 1.54) is 0 Å². The van der Waals surface area contributed by atoms with E-state index < -0.39 is 0 Å². The molecule has 0 aliphatic carbocycles. The summed E-state index contributed by atoms with van der Waals surface area (Å²) in [6, 6.07) is 0. The fourth-order valence-corrected chi connectivity index (χ4v) is 0.651. The van der Waals surface area contributed by atoms with Crippen molar-refractivity contribution in [2.75, 3.05) is 6.66 Å². The maximum atomic E-state index is 5.49. The molecule has 0 spiro atoms. The van der Waals surface area contributed by atoms with Crippen molar-refractivity contribution < 1.29 is 4.74 Å². The first kappa shape index (κ1) is 10.1. The summed E-state index contributed by atoms with van der Waals surface area (Å²) in [5.41, 5.74) is 6.11. The van der Waals surface area contributed by atoms with Gasteiger partial charge in [0.25, 0.3) is 0 Å². The normalized spacial score (nSPS) is 16.0. The Hall–Kier alpha value is 0.0900. The standard InChI is InChI=1S/C7H16NOP/c1-5(2)6(3)9-7(8)10-4/h5-6H,8H2,1-4H3. The predicted molar refractivity (Wildman–Crippen MR) is 47.4 cm³/mol. The molecule has 0 bridgehead atoms. The molecule has 1 atom stereocenters. The molecular weight excluding hydrogens is 145 g/mol. The number of hydrogen-bond donors (Lipinski definition) is 1. The third-order valence-corrected chi connectivity index (χ3v) is 2.01. The molecule has 0 heterocycles. The lowest BCUT2D eigenvalue weighted by molar-refractivity contribution is 0.160. The molecule has 0 radical (unpaired) electrons. The summed E-state index contributed by atoms with van der Waals surface area (Å²) in [5, 5.41) is 0. The van der Waals surface area contributed by atoms with Crippen LogP contribution in [0.4, 0.5) is 0 Å². The Bertz CT molecular complexity index is 123. The minimum Gasteiger partial charge on any atom is -0.329 e. The minimum absolute atomic E-state index is 0.229. The average Bonchev–Trinajstić information content (AvgIpc) is 1.87. The summed E-state index contributed by atoms with van der Waals surface area (Å²) in [6.07, 6.45) is 0.229. The van der Waals surface area contributed by atoms with E-state index in [9.17, 15) is 0 Å². The maximum absolute atomic E-state index is 5.49. The highest BCUT2D eigenvalue weighted by Gasteiger charge is 2.07. The fraction of sp³-hybridized carbons (Fsp3) is 0.857. The topological polar surface area (TPSA) is 35.2 Å². The van der Waals surface area contributed by atoms with Gasteiger partial charge < -0.3 is 4.74 Å². The van der Waals surface area contributed by atoms with Crippen LogP contribution in [-0.4, -0.2) is 18.4 Å².